The zero-order chi connectivity index (χ0) is 37.4. The zero-order valence-corrected chi connectivity index (χ0v) is 32.1. The van der Waals surface area contributed by atoms with Crippen molar-refractivity contribution in [3.8, 4) is 0 Å². The standard InChI is InChI=1S/C45H61N3O6/c1-2-3-4-5-6-7-8-9-10-20-27-38-42-44(50)43(49)39(48(42)47-46-38)28-37-29-40(52-31-35-23-16-12-17-24-35)45(53-32-36-25-18-13-19-26-36)41(54-37)33-51-30-34-21-14-11-15-22-34/h11-19,21-26,37,39-41,43-45,49-50H,2-10,20,27-33H2,1H3/t37-,39+,40-,41-,43+,44-,45-/m1/s1. The van der Waals surface area contributed by atoms with E-state index in [0.29, 0.717) is 45.0 Å². The van der Waals surface area contributed by atoms with Crippen LogP contribution in [0.15, 0.2) is 91.0 Å². The number of rotatable bonds is 23. The van der Waals surface area contributed by atoms with Crippen molar-refractivity contribution >= 4 is 0 Å². The fourth-order valence-electron chi connectivity index (χ4n) is 7.96. The second kappa shape index (κ2) is 21.6. The maximum absolute atomic E-state index is 11.4. The zero-order valence-electron chi connectivity index (χ0n) is 32.1. The molecular formula is C45H61N3O6. The number of hydrogen-bond donors (Lipinski definition) is 2. The number of nitrogens with zero attached hydrogens (tertiary/aromatic N) is 3. The minimum atomic E-state index is -1.04. The average Bonchev–Trinajstić information content (AvgIpc) is 3.72. The van der Waals surface area contributed by atoms with Crippen LogP contribution in [0.4, 0.5) is 0 Å². The normalized spacial score (nSPS) is 23.8. The molecule has 0 spiro atoms. The van der Waals surface area contributed by atoms with Crippen molar-refractivity contribution in [1.29, 1.82) is 0 Å². The Morgan fingerprint density at radius 2 is 1.26 bits per heavy atom. The summed E-state index contributed by atoms with van der Waals surface area (Å²) in [6.45, 7) is 3.86. The fraction of sp³-hybridized carbons (Fsp3) is 0.556. The second-order valence-electron chi connectivity index (χ2n) is 15.2. The van der Waals surface area contributed by atoms with Crippen molar-refractivity contribution < 1.29 is 29.2 Å². The number of fused-ring (bicyclic) bond motifs is 1. The highest BCUT2D eigenvalue weighted by molar-refractivity contribution is 5.21. The molecule has 54 heavy (non-hydrogen) atoms. The molecule has 9 heteroatoms. The first kappa shape index (κ1) is 40.2. The molecular weight excluding hydrogens is 679 g/mol. The van der Waals surface area contributed by atoms with Gasteiger partial charge in [-0.3, -0.25) is 0 Å². The number of hydrogen-bond acceptors (Lipinski definition) is 8. The quantitative estimate of drug-likeness (QED) is 0.0729. The molecule has 292 valence electrons. The van der Waals surface area contributed by atoms with Gasteiger partial charge in [0, 0.05) is 6.42 Å². The van der Waals surface area contributed by atoms with Gasteiger partial charge in [0.2, 0.25) is 0 Å². The first-order chi connectivity index (χ1) is 26.6. The molecule has 0 amide bonds. The Morgan fingerprint density at radius 1 is 0.704 bits per heavy atom. The monoisotopic (exact) mass is 739 g/mol. The van der Waals surface area contributed by atoms with Crippen molar-refractivity contribution in [2.45, 2.75) is 153 Å². The second-order valence-corrected chi connectivity index (χ2v) is 15.2. The third kappa shape index (κ3) is 11.5. The Balaban J connectivity index is 1.12. The third-order valence-electron chi connectivity index (χ3n) is 11.0. The summed E-state index contributed by atoms with van der Waals surface area (Å²) in [5, 5.41) is 31.7. The fourth-order valence-corrected chi connectivity index (χ4v) is 7.96. The lowest BCUT2D eigenvalue weighted by Gasteiger charge is -2.42. The van der Waals surface area contributed by atoms with Gasteiger partial charge in [-0.25, -0.2) is 4.68 Å². The highest BCUT2D eigenvalue weighted by Gasteiger charge is 2.47. The Hall–Kier alpha value is -3.44. The van der Waals surface area contributed by atoms with Gasteiger partial charge in [-0.1, -0.05) is 161 Å². The van der Waals surface area contributed by atoms with E-state index in [9.17, 15) is 10.2 Å². The summed E-state index contributed by atoms with van der Waals surface area (Å²) in [6, 6.07) is 29.9. The van der Waals surface area contributed by atoms with Crippen molar-refractivity contribution in [1.82, 2.24) is 15.0 Å². The van der Waals surface area contributed by atoms with Gasteiger partial charge in [0.1, 0.15) is 24.4 Å². The van der Waals surface area contributed by atoms with Crippen molar-refractivity contribution in [2.75, 3.05) is 6.61 Å². The van der Waals surface area contributed by atoms with E-state index in [1.54, 1.807) is 4.68 Å². The molecule has 0 saturated carbocycles. The van der Waals surface area contributed by atoms with Gasteiger partial charge in [-0.2, -0.15) is 0 Å². The molecule has 6 rings (SSSR count). The maximum atomic E-state index is 11.4. The molecule has 2 N–H and O–H groups in total. The van der Waals surface area contributed by atoms with Gasteiger partial charge in [0.05, 0.1) is 56.1 Å². The molecule has 3 heterocycles. The molecule has 0 aliphatic carbocycles. The lowest BCUT2D eigenvalue weighted by Crippen LogP contribution is -2.53. The third-order valence-corrected chi connectivity index (χ3v) is 11.0. The first-order valence-electron chi connectivity index (χ1n) is 20.5. The van der Waals surface area contributed by atoms with Crippen molar-refractivity contribution in [2.24, 2.45) is 0 Å². The van der Waals surface area contributed by atoms with Crippen LogP contribution in [0.2, 0.25) is 0 Å². The van der Waals surface area contributed by atoms with Crippen molar-refractivity contribution in [3.05, 3.63) is 119 Å². The van der Waals surface area contributed by atoms with E-state index in [2.05, 4.69) is 41.5 Å². The van der Waals surface area contributed by atoms with E-state index < -0.39 is 30.5 Å². The van der Waals surface area contributed by atoms with E-state index in [1.165, 1.54) is 51.4 Å². The SMILES string of the molecule is CCCCCCCCCCCCc1nnn2c1[C@@H](O)[C@@H](O)[C@@H]2C[C@@H]1C[C@@H](OCc2ccccc2)[C@@H](OCc2ccccc2)[C@@H](COCc2ccccc2)O1. The van der Waals surface area contributed by atoms with Crippen LogP contribution in [-0.2, 0) is 45.2 Å². The van der Waals surface area contributed by atoms with E-state index in [1.807, 2.05) is 66.7 Å². The summed E-state index contributed by atoms with van der Waals surface area (Å²) in [4.78, 5) is 0. The highest BCUT2D eigenvalue weighted by atomic mass is 16.6. The molecule has 1 aromatic heterocycles. The Kier molecular flexibility index (Phi) is 16.1. The van der Waals surface area contributed by atoms with Gasteiger partial charge >= 0.3 is 0 Å². The molecule has 1 saturated heterocycles. The Labute approximate surface area is 322 Å². The van der Waals surface area contributed by atoms with Crippen LogP contribution in [-0.4, -0.2) is 62.3 Å². The summed E-state index contributed by atoms with van der Waals surface area (Å²) in [5.74, 6) is 0. The molecule has 0 radical (unpaired) electrons. The first-order valence-corrected chi connectivity index (χ1v) is 20.5. The highest BCUT2D eigenvalue weighted by Crippen LogP contribution is 2.41. The largest absolute Gasteiger partial charge is 0.388 e. The van der Waals surface area contributed by atoms with Crippen LogP contribution in [0.25, 0.3) is 0 Å². The van der Waals surface area contributed by atoms with Gasteiger partial charge in [-0.05, 0) is 36.0 Å². The summed E-state index contributed by atoms with van der Waals surface area (Å²) < 4.78 is 28.2. The molecule has 2 aliphatic heterocycles. The van der Waals surface area contributed by atoms with Crippen LogP contribution in [0.1, 0.15) is 124 Å². The van der Waals surface area contributed by atoms with E-state index in [4.69, 9.17) is 18.9 Å². The number of aliphatic hydroxyl groups excluding tert-OH is 2. The minimum Gasteiger partial charge on any atom is -0.388 e. The predicted octanol–water partition coefficient (Wildman–Crippen LogP) is 8.63. The summed E-state index contributed by atoms with van der Waals surface area (Å²) in [5.41, 5.74) is 4.66. The Morgan fingerprint density at radius 3 is 1.87 bits per heavy atom. The van der Waals surface area contributed by atoms with Crippen LogP contribution >= 0.6 is 0 Å². The number of aromatic nitrogens is 3. The molecule has 4 aromatic rings. The van der Waals surface area contributed by atoms with E-state index in [0.717, 1.165) is 41.6 Å². The van der Waals surface area contributed by atoms with Crippen LogP contribution in [0, 0.1) is 0 Å². The number of aliphatic hydroxyl groups is 2. The Bertz CT molecular complexity index is 1610. The van der Waals surface area contributed by atoms with Gasteiger partial charge < -0.3 is 29.2 Å². The van der Waals surface area contributed by atoms with Crippen LogP contribution < -0.4 is 0 Å². The average molecular weight is 740 g/mol. The molecule has 3 aromatic carbocycles. The topological polar surface area (TPSA) is 108 Å². The van der Waals surface area contributed by atoms with Gasteiger partial charge in [0.15, 0.2) is 0 Å². The number of aryl methyl sites for hydroxylation is 1. The van der Waals surface area contributed by atoms with Gasteiger partial charge in [0.25, 0.3) is 0 Å². The predicted molar refractivity (Wildman–Crippen MR) is 210 cm³/mol. The van der Waals surface area contributed by atoms with Crippen LogP contribution in [0.3, 0.4) is 0 Å². The van der Waals surface area contributed by atoms with Crippen molar-refractivity contribution in [3.63, 3.8) is 0 Å². The maximum Gasteiger partial charge on any atom is 0.125 e. The molecule has 0 bridgehead atoms. The molecule has 7 atom stereocenters. The molecule has 2 aliphatic rings. The number of ether oxygens (including phenoxy) is 4. The lowest BCUT2D eigenvalue weighted by atomic mass is 9.92. The summed E-state index contributed by atoms with van der Waals surface area (Å²) in [7, 11) is 0. The molecule has 0 unspecified atom stereocenters. The minimum absolute atomic E-state index is 0.302. The van der Waals surface area contributed by atoms with Gasteiger partial charge in [-0.15, -0.1) is 5.10 Å². The smallest absolute Gasteiger partial charge is 0.125 e. The molecule has 1 fully saturated rings. The molecule has 9 nitrogen and oxygen atoms in total. The number of benzene rings is 3. The number of unbranched alkanes of at least 4 members (excludes halogenated alkanes) is 9. The van der Waals surface area contributed by atoms with E-state index in [-0.39, 0.29) is 12.2 Å². The van der Waals surface area contributed by atoms with E-state index >= 15 is 0 Å². The summed E-state index contributed by atoms with van der Waals surface area (Å²) >= 11 is 0. The van der Waals surface area contributed by atoms with Crippen LogP contribution in [0.5, 0.6) is 0 Å². The lowest BCUT2D eigenvalue weighted by molar-refractivity contribution is -0.223. The summed E-state index contributed by atoms with van der Waals surface area (Å²) in [6.07, 6.45) is 10.8.